The van der Waals surface area contributed by atoms with E-state index in [0.717, 1.165) is 6.54 Å². The maximum atomic E-state index is 11.2. The summed E-state index contributed by atoms with van der Waals surface area (Å²) >= 11 is 0. The highest BCUT2D eigenvalue weighted by molar-refractivity contribution is 5.71. The second-order valence-corrected chi connectivity index (χ2v) is 2.45. The van der Waals surface area contributed by atoms with Crippen LogP contribution in [-0.2, 0) is 6.54 Å². The van der Waals surface area contributed by atoms with Crippen molar-refractivity contribution in [2.75, 3.05) is 0 Å². The molecule has 2 aromatic rings. The molecule has 0 saturated heterocycles. The molecule has 2 aromatic heterocycles. The number of hydrogen-bond donors (Lipinski definition) is 1. The van der Waals surface area contributed by atoms with Crippen LogP contribution in [0.2, 0.25) is 0 Å². The van der Waals surface area contributed by atoms with Crippen molar-refractivity contribution in [3.05, 3.63) is 22.9 Å². The maximum Gasteiger partial charge on any atom is 0.261 e. The Kier molecular flexibility index (Phi) is 1.43. The zero-order valence-electron chi connectivity index (χ0n) is 6.61. The van der Waals surface area contributed by atoms with Gasteiger partial charge in [0.05, 0.1) is 6.33 Å². The number of aromatic amines is 1. The molecule has 5 heteroatoms. The first-order chi connectivity index (χ1) is 5.81. The lowest BCUT2D eigenvalue weighted by Gasteiger charge is -1.87. The van der Waals surface area contributed by atoms with E-state index in [-0.39, 0.29) is 5.56 Å². The minimum Gasteiger partial charge on any atom is -0.312 e. The lowest BCUT2D eigenvalue weighted by molar-refractivity contribution is 0.666. The van der Waals surface area contributed by atoms with Gasteiger partial charge in [-0.2, -0.15) is 5.10 Å². The summed E-state index contributed by atoms with van der Waals surface area (Å²) < 4.78 is 1.69. The molecule has 0 saturated carbocycles. The maximum absolute atomic E-state index is 11.2. The summed E-state index contributed by atoms with van der Waals surface area (Å²) in [6, 6.07) is 0. The van der Waals surface area contributed by atoms with Crippen LogP contribution in [0.4, 0.5) is 0 Å². The number of nitrogens with one attached hydrogen (secondary N) is 1. The van der Waals surface area contributed by atoms with E-state index in [0.29, 0.717) is 11.0 Å². The first kappa shape index (κ1) is 7.02. The van der Waals surface area contributed by atoms with Crippen LogP contribution in [-0.4, -0.2) is 19.7 Å². The van der Waals surface area contributed by atoms with Crippen LogP contribution in [0, 0.1) is 0 Å². The van der Waals surface area contributed by atoms with E-state index < -0.39 is 0 Å². The largest absolute Gasteiger partial charge is 0.312 e. The van der Waals surface area contributed by atoms with Crippen molar-refractivity contribution in [1.82, 2.24) is 19.7 Å². The van der Waals surface area contributed by atoms with Gasteiger partial charge in [-0.3, -0.25) is 9.48 Å². The Morgan fingerprint density at radius 3 is 3.17 bits per heavy atom. The monoisotopic (exact) mass is 164 g/mol. The number of nitrogens with zero attached hydrogens (tertiary/aromatic N) is 3. The van der Waals surface area contributed by atoms with Gasteiger partial charge >= 0.3 is 0 Å². The van der Waals surface area contributed by atoms with Crippen LogP contribution in [0.1, 0.15) is 6.92 Å². The standard InChI is InChI=1S/C7H8N4O/c1-2-11-3-5-6(10-11)8-4-9-7(5)12/h3-4H,2H2,1H3,(H,8,9,10,12). The van der Waals surface area contributed by atoms with Gasteiger partial charge in [0, 0.05) is 12.7 Å². The molecule has 0 fully saturated rings. The zero-order valence-corrected chi connectivity index (χ0v) is 6.61. The highest BCUT2D eigenvalue weighted by Gasteiger charge is 2.02. The van der Waals surface area contributed by atoms with Crippen molar-refractivity contribution >= 4 is 11.0 Å². The molecule has 62 valence electrons. The molecule has 0 spiro atoms. The summed E-state index contributed by atoms with van der Waals surface area (Å²) in [4.78, 5) is 17.6. The second-order valence-electron chi connectivity index (χ2n) is 2.45. The third-order valence-corrected chi connectivity index (χ3v) is 1.69. The molecule has 2 rings (SSSR count). The SMILES string of the molecule is CCn1cc2c(=O)[nH]cnc2n1. The minimum atomic E-state index is -0.139. The lowest BCUT2D eigenvalue weighted by Crippen LogP contribution is -2.04. The van der Waals surface area contributed by atoms with Gasteiger partial charge in [-0.25, -0.2) is 4.98 Å². The molecule has 1 N–H and O–H groups in total. The Morgan fingerprint density at radius 1 is 1.67 bits per heavy atom. The fourth-order valence-electron chi connectivity index (χ4n) is 1.06. The van der Waals surface area contributed by atoms with Crippen molar-refractivity contribution in [3.63, 3.8) is 0 Å². The quantitative estimate of drug-likeness (QED) is 0.652. The molecule has 0 amide bonds. The van der Waals surface area contributed by atoms with E-state index in [4.69, 9.17) is 0 Å². The van der Waals surface area contributed by atoms with Gasteiger partial charge in [-0.05, 0) is 6.92 Å². The van der Waals surface area contributed by atoms with Crippen LogP contribution >= 0.6 is 0 Å². The molecule has 5 nitrogen and oxygen atoms in total. The van der Waals surface area contributed by atoms with Gasteiger partial charge < -0.3 is 4.98 Å². The van der Waals surface area contributed by atoms with E-state index in [1.165, 1.54) is 6.33 Å². The summed E-state index contributed by atoms with van der Waals surface area (Å²) in [6.07, 6.45) is 3.05. The highest BCUT2D eigenvalue weighted by atomic mass is 16.1. The number of aromatic nitrogens is 4. The molecule has 2 heterocycles. The normalized spacial score (nSPS) is 10.8. The van der Waals surface area contributed by atoms with Crippen LogP contribution in [0.25, 0.3) is 11.0 Å². The predicted molar refractivity (Wildman–Crippen MR) is 43.8 cm³/mol. The fraction of sp³-hybridized carbons (Fsp3) is 0.286. The Labute approximate surface area is 68.1 Å². The van der Waals surface area contributed by atoms with Gasteiger partial charge in [0.25, 0.3) is 5.56 Å². The number of rotatable bonds is 1. The number of fused-ring (bicyclic) bond motifs is 1. The van der Waals surface area contributed by atoms with Crippen molar-refractivity contribution in [2.24, 2.45) is 0 Å². The highest BCUT2D eigenvalue weighted by Crippen LogP contribution is 2.00. The van der Waals surface area contributed by atoms with Crippen molar-refractivity contribution < 1.29 is 0 Å². The van der Waals surface area contributed by atoms with E-state index >= 15 is 0 Å². The summed E-state index contributed by atoms with van der Waals surface area (Å²) in [7, 11) is 0. The summed E-state index contributed by atoms with van der Waals surface area (Å²) in [6.45, 7) is 2.70. The van der Waals surface area contributed by atoms with Crippen molar-refractivity contribution in [1.29, 1.82) is 0 Å². The summed E-state index contributed by atoms with van der Waals surface area (Å²) in [5, 5.41) is 4.62. The van der Waals surface area contributed by atoms with Gasteiger partial charge in [0.1, 0.15) is 5.39 Å². The summed E-state index contributed by atoms with van der Waals surface area (Å²) in [5.74, 6) is 0. The molecule has 0 aromatic carbocycles. The van der Waals surface area contributed by atoms with Crippen molar-refractivity contribution in [3.8, 4) is 0 Å². The molecule has 0 bridgehead atoms. The Bertz CT molecular complexity index is 456. The fourth-order valence-corrected chi connectivity index (χ4v) is 1.06. The molecule has 0 aliphatic rings. The summed E-state index contributed by atoms with van der Waals surface area (Å²) in [5.41, 5.74) is 0.361. The molecule has 12 heavy (non-hydrogen) atoms. The molecule has 0 aliphatic carbocycles. The average Bonchev–Trinajstić information content (AvgIpc) is 2.49. The smallest absolute Gasteiger partial charge is 0.261 e. The van der Waals surface area contributed by atoms with E-state index in [9.17, 15) is 4.79 Å². The van der Waals surface area contributed by atoms with Crippen LogP contribution < -0.4 is 5.56 Å². The van der Waals surface area contributed by atoms with Gasteiger partial charge in [-0.15, -0.1) is 0 Å². The Balaban J connectivity index is 2.83. The van der Waals surface area contributed by atoms with E-state index in [2.05, 4.69) is 15.1 Å². The zero-order chi connectivity index (χ0) is 8.55. The molecule has 0 unspecified atom stereocenters. The van der Waals surface area contributed by atoms with Gasteiger partial charge in [0.15, 0.2) is 5.65 Å². The first-order valence-electron chi connectivity index (χ1n) is 3.72. The van der Waals surface area contributed by atoms with E-state index in [1.807, 2.05) is 6.92 Å². The second kappa shape index (κ2) is 2.44. The Morgan fingerprint density at radius 2 is 2.50 bits per heavy atom. The van der Waals surface area contributed by atoms with Crippen LogP contribution in [0.5, 0.6) is 0 Å². The number of hydrogen-bond acceptors (Lipinski definition) is 3. The lowest BCUT2D eigenvalue weighted by atomic mass is 10.4. The predicted octanol–water partition coefficient (Wildman–Crippen LogP) is 0.140. The van der Waals surface area contributed by atoms with Crippen LogP contribution in [0.3, 0.4) is 0 Å². The molecule has 0 radical (unpaired) electrons. The Hall–Kier alpha value is -1.65. The average molecular weight is 164 g/mol. The minimum absolute atomic E-state index is 0.139. The molecule has 0 atom stereocenters. The third kappa shape index (κ3) is 0.903. The third-order valence-electron chi connectivity index (χ3n) is 1.69. The molecule has 0 aliphatic heterocycles. The first-order valence-corrected chi connectivity index (χ1v) is 3.72. The number of H-pyrrole nitrogens is 1. The molecular formula is C7H8N4O. The van der Waals surface area contributed by atoms with E-state index in [1.54, 1.807) is 10.9 Å². The van der Waals surface area contributed by atoms with Gasteiger partial charge in [0.2, 0.25) is 0 Å². The number of aryl methyl sites for hydroxylation is 1. The van der Waals surface area contributed by atoms with Crippen molar-refractivity contribution in [2.45, 2.75) is 13.5 Å². The van der Waals surface area contributed by atoms with Crippen LogP contribution in [0.15, 0.2) is 17.3 Å². The van der Waals surface area contributed by atoms with Gasteiger partial charge in [-0.1, -0.05) is 0 Å². The topological polar surface area (TPSA) is 63.6 Å². The molecular weight excluding hydrogens is 156 g/mol.